The summed E-state index contributed by atoms with van der Waals surface area (Å²) in [7, 11) is 0. The molecule has 1 aliphatic carbocycles. The topological polar surface area (TPSA) is 37.8 Å². The molecule has 1 atom stereocenters. The molecule has 2 rings (SSSR count). The molecule has 0 amide bonds. The lowest BCUT2D eigenvalue weighted by molar-refractivity contribution is 0.487. The molecule has 0 saturated heterocycles. The minimum Gasteiger partial charge on any atom is -0.309 e. The lowest BCUT2D eigenvalue weighted by Crippen LogP contribution is -2.20. The molecule has 1 aromatic rings. The maximum atomic E-state index is 3.92. The molecule has 1 fully saturated rings. The molecule has 1 heterocycles. The van der Waals surface area contributed by atoms with Crippen molar-refractivity contribution in [3.63, 3.8) is 0 Å². The summed E-state index contributed by atoms with van der Waals surface area (Å²) >= 11 is 1.52. The molecule has 0 bridgehead atoms. The number of aromatic nitrogens is 2. The Hall–Kier alpha value is -0.480. The lowest BCUT2D eigenvalue weighted by atomic mass is 10.1. The van der Waals surface area contributed by atoms with Gasteiger partial charge in [-0.3, -0.25) is 0 Å². The molecule has 1 N–H and O–H groups in total. The summed E-state index contributed by atoms with van der Waals surface area (Å²) < 4.78 is 3.92. The van der Waals surface area contributed by atoms with Gasteiger partial charge in [-0.25, -0.2) is 0 Å². The van der Waals surface area contributed by atoms with Gasteiger partial charge in [0.1, 0.15) is 0 Å². The van der Waals surface area contributed by atoms with Crippen LogP contribution in [0, 0.1) is 5.92 Å². The summed E-state index contributed by atoms with van der Waals surface area (Å²) in [6, 6.07) is 0.487. The quantitative estimate of drug-likeness (QED) is 0.785. The van der Waals surface area contributed by atoms with Crippen LogP contribution in [0.15, 0.2) is 6.20 Å². The molecular formula is C10H17N3S. The highest BCUT2D eigenvalue weighted by atomic mass is 32.1. The van der Waals surface area contributed by atoms with Crippen molar-refractivity contribution in [1.29, 1.82) is 0 Å². The second kappa shape index (κ2) is 4.84. The van der Waals surface area contributed by atoms with Crippen molar-refractivity contribution in [2.24, 2.45) is 5.92 Å². The number of hydrogen-bond acceptors (Lipinski definition) is 4. The zero-order valence-corrected chi connectivity index (χ0v) is 9.39. The number of hydrogen-bond donors (Lipinski definition) is 1. The molecule has 0 spiro atoms. The molecular weight excluding hydrogens is 194 g/mol. The highest BCUT2D eigenvalue weighted by molar-refractivity contribution is 7.05. The minimum atomic E-state index is 0.487. The van der Waals surface area contributed by atoms with Gasteiger partial charge in [0.25, 0.3) is 0 Å². The van der Waals surface area contributed by atoms with E-state index in [1.54, 1.807) is 0 Å². The molecule has 0 aliphatic heterocycles. The van der Waals surface area contributed by atoms with E-state index in [9.17, 15) is 0 Å². The Bertz CT molecular complexity index is 256. The summed E-state index contributed by atoms with van der Waals surface area (Å²) in [4.78, 5) is 1.28. The maximum Gasteiger partial charge on any atom is 0.0669 e. The summed E-state index contributed by atoms with van der Waals surface area (Å²) in [5, 5.41) is 7.40. The first-order chi connectivity index (χ1) is 6.90. The Morgan fingerprint density at radius 2 is 2.50 bits per heavy atom. The maximum absolute atomic E-state index is 3.92. The third kappa shape index (κ3) is 2.75. The predicted octanol–water partition coefficient (Wildman–Crippen LogP) is 2.38. The molecule has 4 heteroatoms. The molecule has 0 radical (unpaired) electrons. The highest BCUT2D eigenvalue weighted by Gasteiger charge is 2.23. The van der Waals surface area contributed by atoms with Crippen LogP contribution < -0.4 is 5.32 Å². The van der Waals surface area contributed by atoms with Gasteiger partial charge >= 0.3 is 0 Å². The van der Waals surface area contributed by atoms with Crippen molar-refractivity contribution >= 4 is 11.5 Å². The monoisotopic (exact) mass is 211 g/mol. The Labute approximate surface area is 89.1 Å². The first-order valence-corrected chi connectivity index (χ1v) is 6.18. The van der Waals surface area contributed by atoms with E-state index in [1.807, 2.05) is 6.20 Å². The fourth-order valence-corrected chi connectivity index (χ4v) is 2.34. The van der Waals surface area contributed by atoms with Crippen LogP contribution in [-0.2, 0) is 0 Å². The average Bonchev–Trinajstić information content (AvgIpc) is 2.86. The van der Waals surface area contributed by atoms with Crippen LogP contribution >= 0.6 is 11.5 Å². The lowest BCUT2D eigenvalue weighted by Gasteiger charge is -2.14. The van der Waals surface area contributed by atoms with Gasteiger partial charge in [-0.1, -0.05) is 24.3 Å². The van der Waals surface area contributed by atoms with Gasteiger partial charge in [0, 0.05) is 6.04 Å². The van der Waals surface area contributed by atoms with Crippen LogP contribution in [0.3, 0.4) is 0 Å². The zero-order chi connectivity index (χ0) is 9.80. The molecule has 0 aromatic carbocycles. The van der Waals surface area contributed by atoms with Crippen LogP contribution in [0.5, 0.6) is 0 Å². The van der Waals surface area contributed by atoms with Gasteiger partial charge in [0.15, 0.2) is 0 Å². The first-order valence-electron chi connectivity index (χ1n) is 5.40. The normalized spacial score (nSPS) is 18.4. The molecule has 1 aromatic heterocycles. The second-order valence-electron chi connectivity index (χ2n) is 3.95. The molecule has 1 saturated carbocycles. The third-order valence-corrected chi connectivity index (χ3v) is 3.51. The minimum absolute atomic E-state index is 0.487. The van der Waals surface area contributed by atoms with E-state index in [4.69, 9.17) is 0 Å². The Morgan fingerprint density at radius 1 is 1.64 bits per heavy atom. The van der Waals surface area contributed by atoms with Gasteiger partial charge < -0.3 is 5.32 Å². The van der Waals surface area contributed by atoms with Crippen LogP contribution in [-0.4, -0.2) is 16.1 Å². The Balaban J connectivity index is 1.85. The number of nitrogens with one attached hydrogen (secondary N) is 1. The van der Waals surface area contributed by atoms with Crippen molar-refractivity contribution < 1.29 is 0 Å². The summed E-state index contributed by atoms with van der Waals surface area (Å²) in [5.74, 6) is 1.01. The van der Waals surface area contributed by atoms with Crippen LogP contribution in [0.25, 0.3) is 0 Å². The standard InChI is InChI=1S/C10H17N3S/c1-2-11-9(6-5-8-3-4-8)10-7-12-13-14-10/h7-9,11H,2-6H2,1H3. The van der Waals surface area contributed by atoms with E-state index in [0.29, 0.717) is 6.04 Å². The summed E-state index contributed by atoms with van der Waals surface area (Å²) in [6.45, 7) is 3.17. The van der Waals surface area contributed by atoms with Crippen molar-refractivity contribution in [2.75, 3.05) is 6.54 Å². The fraction of sp³-hybridized carbons (Fsp3) is 0.800. The molecule has 78 valence electrons. The van der Waals surface area contributed by atoms with Crippen molar-refractivity contribution in [3.8, 4) is 0 Å². The second-order valence-corrected chi connectivity index (χ2v) is 4.77. The SMILES string of the molecule is CCNC(CCC1CC1)c1cnns1. The predicted molar refractivity (Wildman–Crippen MR) is 58.3 cm³/mol. The van der Waals surface area contributed by atoms with E-state index < -0.39 is 0 Å². The molecule has 14 heavy (non-hydrogen) atoms. The largest absolute Gasteiger partial charge is 0.309 e. The van der Waals surface area contributed by atoms with Crippen LogP contribution in [0.2, 0.25) is 0 Å². The van der Waals surface area contributed by atoms with Gasteiger partial charge in [0.05, 0.1) is 11.1 Å². The third-order valence-electron chi connectivity index (χ3n) is 2.73. The van der Waals surface area contributed by atoms with Crippen molar-refractivity contribution in [3.05, 3.63) is 11.1 Å². The van der Waals surface area contributed by atoms with E-state index in [1.165, 1.54) is 42.1 Å². The zero-order valence-electron chi connectivity index (χ0n) is 8.57. The van der Waals surface area contributed by atoms with E-state index in [0.717, 1.165) is 12.5 Å². The number of nitrogens with zero attached hydrogens (tertiary/aromatic N) is 2. The van der Waals surface area contributed by atoms with Crippen LogP contribution in [0.4, 0.5) is 0 Å². The Kier molecular flexibility index (Phi) is 3.48. The summed E-state index contributed by atoms with van der Waals surface area (Å²) in [5.41, 5.74) is 0. The van der Waals surface area contributed by atoms with Gasteiger partial charge in [-0.15, -0.1) is 5.10 Å². The van der Waals surface area contributed by atoms with Crippen molar-refractivity contribution in [1.82, 2.24) is 14.9 Å². The van der Waals surface area contributed by atoms with Crippen molar-refractivity contribution in [2.45, 2.75) is 38.6 Å². The number of rotatable bonds is 6. The molecule has 3 nitrogen and oxygen atoms in total. The molecule has 1 aliphatic rings. The van der Waals surface area contributed by atoms with Crippen LogP contribution in [0.1, 0.15) is 43.5 Å². The highest BCUT2D eigenvalue weighted by Crippen LogP contribution is 2.36. The van der Waals surface area contributed by atoms with E-state index in [2.05, 4.69) is 21.8 Å². The summed E-state index contributed by atoms with van der Waals surface area (Å²) in [6.07, 6.45) is 7.38. The fourth-order valence-electron chi connectivity index (χ4n) is 1.73. The van der Waals surface area contributed by atoms with Gasteiger partial charge in [-0.05, 0) is 36.8 Å². The average molecular weight is 211 g/mol. The van der Waals surface area contributed by atoms with Gasteiger partial charge in [-0.2, -0.15) is 0 Å². The molecule has 1 unspecified atom stereocenters. The smallest absolute Gasteiger partial charge is 0.0669 e. The first kappa shape index (κ1) is 10.1. The van der Waals surface area contributed by atoms with Gasteiger partial charge in [0.2, 0.25) is 0 Å². The Morgan fingerprint density at radius 3 is 3.07 bits per heavy atom. The van der Waals surface area contributed by atoms with E-state index >= 15 is 0 Å². The van der Waals surface area contributed by atoms with E-state index in [-0.39, 0.29) is 0 Å².